The van der Waals surface area contributed by atoms with Crippen molar-refractivity contribution in [2.45, 2.75) is 26.3 Å². The Morgan fingerprint density at radius 3 is 2.82 bits per heavy atom. The van der Waals surface area contributed by atoms with E-state index in [0.717, 1.165) is 6.42 Å². The lowest BCUT2D eigenvalue weighted by Gasteiger charge is -2.12. The average Bonchev–Trinajstić information content (AvgIpc) is 2.54. The highest BCUT2D eigenvalue weighted by Crippen LogP contribution is 2.30. The topological polar surface area (TPSA) is 51.2 Å². The van der Waals surface area contributed by atoms with Crippen LogP contribution in [0.5, 0.6) is 5.75 Å². The van der Waals surface area contributed by atoms with E-state index >= 15 is 0 Å². The standard InChI is InChI=1S/C17H19FN2O2/c1-4-11(2)20-17(21)13-7-12(9-19-10-13)15-8-14(18)5-6-16(15)22-3/h5-11H,4H2,1-3H3,(H,20,21). The first-order valence-corrected chi connectivity index (χ1v) is 7.15. The SMILES string of the molecule is CCC(C)NC(=O)c1cncc(-c2cc(F)ccc2OC)c1. The third-order valence-electron chi connectivity index (χ3n) is 3.46. The van der Waals surface area contributed by atoms with Crippen LogP contribution in [-0.2, 0) is 0 Å². The molecule has 0 spiro atoms. The normalized spacial score (nSPS) is 11.8. The highest BCUT2D eigenvalue weighted by molar-refractivity contribution is 5.95. The van der Waals surface area contributed by atoms with Gasteiger partial charge in [0.1, 0.15) is 11.6 Å². The molecule has 2 aromatic rings. The molecule has 5 heteroatoms. The zero-order valence-electron chi connectivity index (χ0n) is 12.9. The van der Waals surface area contributed by atoms with Crippen LogP contribution < -0.4 is 10.1 Å². The minimum Gasteiger partial charge on any atom is -0.496 e. The number of pyridine rings is 1. The van der Waals surface area contributed by atoms with Gasteiger partial charge in [0.15, 0.2) is 0 Å². The minimum atomic E-state index is -0.370. The number of hydrogen-bond donors (Lipinski definition) is 1. The Labute approximate surface area is 129 Å². The molecule has 1 heterocycles. The Morgan fingerprint density at radius 1 is 1.36 bits per heavy atom. The fourth-order valence-corrected chi connectivity index (χ4v) is 2.03. The Bertz CT molecular complexity index is 673. The van der Waals surface area contributed by atoms with Gasteiger partial charge in [-0.2, -0.15) is 0 Å². The molecule has 0 saturated heterocycles. The van der Waals surface area contributed by atoms with E-state index in [4.69, 9.17) is 4.74 Å². The molecule has 1 N–H and O–H groups in total. The number of amides is 1. The fourth-order valence-electron chi connectivity index (χ4n) is 2.03. The van der Waals surface area contributed by atoms with Crippen LogP contribution in [0.3, 0.4) is 0 Å². The van der Waals surface area contributed by atoms with Crippen molar-refractivity contribution < 1.29 is 13.9 Å². The van der Waals surface area contributed by atoms with Crippen molar-refractivity contribution in [2.75, 3.05) is 7.11 Å². The number of aromatic nitrogens is 1. The first kappa shape index (κ1) is 15.9. The zero-order valence-corrected chi connectivity index (χ0v) is 12.9. The van der Waals surface area contributed by atoms with Crippen molar-refractivity contribution in [3.63, 3.8) is 0 Å². The van der Waals surface area contributed by atoms with Crippen LogP contribution in [0, 0.1) is 5.82 Å². The number of carbonyl (C=O) groups is 1. The molecule has 1 atom stereocenters. The highest BCUT2D eigenvalue weighted by Gasteiger charge is 2.13. The maximum absolute atomic E-state index is 13.5. The predicted octanol–water partition coefficient (Wildman–Crippen LogP) is 3.42. The lowest BCUT2D eigenvalue weighted by atomic mass is 10.0. The van der Waals surface area contributed by atoms with Crippen molar-refractivity contribution >= 4 is 5.91 Å². The van der Waals surface area contributed by atoms with Crippen LogP contribution in [0.1, 0.15) is 30.6 Å². The summed E-state index contributed by atoms with van der Waals surface area (Å²) in [6.45, 7) is 3.93. The molecular weight excluding hydrogens is 283 g/mol. The van der Waals surface area contributed by atoms with Crippen LogP contribution in [-0.4, -0.2) is 24.0 Å². The van der Waals surface area contributed by atoms with Crippen molar-refractivity contribution in [3.05, 3.63) is 48.0 Å². The lowest BCUT2D eigenvalue weighted by molar-refractivity contribution is 0.0939. The van der Waals surface area contributed by atoms with Crippen molar-refractivity contribution in [2.24, 2.45) is 0 Å². The second kappa shape index (κ2) is 7.02. The van der Waals surface area contributed by atoms with E-state index < -0.39 is 0 Å². The van der Waals surface area contributed by atoms with E-state index in [0.29, 0.717) is 22.4 Å². The summed E-state index contributed by atoms with van der Waals surface area (Å²) in [6, 6.07) is 6.01. The number of halogens is 1. The van der Waals surface area contributed by atoms with Gasteiger partial charge in [0.25, 0.3) is 5.91 Å². The molecule has 0 aliphatic heterocycles. The number of carbonyl (C=O) groups excluding carboxylic acids is 1. The second-order valence-corrected chi connectivity index (χ2v) is 5.09. The molecule has 1 unspecified atom stereocenters. The second-order valence-electron chi connectivity index (χ2n) is 5.09. The molecule has 22 heavy (non-hydrogen) atoms. The third-order valence-corrected chi connectivity index (χ3v) is 3.46. The first-order valence-electron chi connectivity index (χ1n) is 7.15. The number of hydrogen-bond acceptors (Lipinski definition) is 3. The lowest BCUT2D eigenvalue weighted by Crippen LogP contribution is -2.31. The van der Waals surface area contributed by atoms with Gasteiger partial charge in [0, 0.05) is 29.6 Å². The summed E-state index contributed by atoms with van der Waals surface area (Å²) in [5.74, 6) is -0.0352. The molecule has 0 radical (unpaired) electrons. The molecule has 0 aliphatic rings. The van der Waals surface area contributed by atoms with Crippen molar-refractivity contribution in [1.29, 1.82) is 0 Å². The number of rotatable bonds is 5. The van der Waals surface area contributed by atoms with Crippen LogP contribution in [0.4, 0.5) is 4.39 Å². The molecule has 1 aromatic heterocycles. The summed E-state index contributed by atoms with van der Waals surface area (Å²) in [7, 11) is 1.52. The third kappa shape index (κ3) is 3.61. The van der Waals surface area contributed by atoms with Crippen molar-refractivity contribution in [3.8, 4) is 16.9 Å². The van der Waals surface area contributed by atoms with Gasteiger partial charge >= 0.3 is 0 Å². The van der Waals surface area contributed by atoms with Crippen LogP contribution in [0.15, 0.2) is 36.7 Å². The van der Waals surface area contributed by atoms with Crippen molar-refractivity contribution in [1.82, 2.24) is 10.3 Å². The highest BCUT2D eigenvalue weighted by atomic mass is 19.1. The van der Waals surface area contributed by atoms with Gasteiger partial charge in [-0.3, -0.25) is 9.78 Å². The number of nitrogens with zero attached hydrogens (tertiary/aromatic N) is 1. The summed E-state index contributed by atoms with van der Waals surface area (Å²) in [6.07, 6.45) is 3.92. The zero-order chi connectivity index (χ0) is 16.1. The van der Waals surface area contributed by atoms with Gasteiger partial charge in [-0.1, -0.05) is 6.92 Å². The molecule has 0 bridgehead atoms. The van der Waals surface area contributed by atoms with Gasteiger partial charge < -0.3 is 10.1 Å². The van der Waals surface area contributed by atoms with E-state index in [9.17, 15) is 9.18 Å². The van der Waals surface area contributed by atoms with Crippen LogP contribution >= 0.6 is 0 Å². The van der Waals surface area contributed by atoms with Gasteiger partial charge in [0.2, 0.25) is 0 Å². The van der Waals surface area contributed by atoms with Gasteiger partial charge in [-0.25, -0.2) is 4.39 Å². The van der Waals surface area contributed by atoms with Gasteiger partial charge in [0.05, 0.1) is 12.7 Å². The molecule has 0 fully saturated rings. The van der Waals surface area contributed by atoms with E-state index in [2.05, 4.69) is 10.3 Å². The number of ether oxygens (including phenoxy) is 1. The van der Waals surface area contributed by atoms with E-state index in [1.165, 1.54) is 25.4 Å². The molecule has 0 aliphatic carbocycles. The number of benzene rings is 1. The molecule has 1 aromatic carbocycles. The maximum atomic E-state index is 13.5. The number of methoxy groups -OCH3 is 1. The summed E-state index contributed by atoms with van der Waals surface area (Å²) < 4.78 is 18.7. The van der Waals surface area contributed by atoms with Gasteiger partial charge in [-0.15, -0.1) is 0 Å². The first-order chi connectivity index (χ1) is 10.5. The molecular formula is C17H19FN2O2. The summed E-state index contributed by atoms with van der Waals surface area (Å²) in [5.41, 5.74) is 1.63. The largest absolute Gasteiger partial charge is 0.496 e. The molecule has 4 nitrogen and oxygen atoms in total. The Balaban J connectivity index is 2.36. The molecule has 1 amide bonds. The summed E-state index contributed by atoms with van der Waals surface area (Å²) in [4.78, 5) is 16.2. The Hall–Kier alpha value is -2.43. The van der Waals surface area contributed by atoms with Gasteiger partial charge in [-0.05, 0) is 37.6 Å². The predicted molar refractivity (Wildman–Crippen MR) is 83.4 cm³/mol. The molecule has 116 valence electrons. The van der Waals surface area contributed by atoms with E-state index in [-0.39, 0.29) is 17.8 Å². The smallest absolute Gasteiger partial charge is 0.253 e. The Morgan fingerprint density at radius 2 is 2.14 bits per heavy atom. The molecule has 2 rings (SSSR count). The average molecular weight is 302 g/mol. The number of nitrogens with one attached hydrogen (secondary N) is 1. The van der Waals surface area contributed by atoms with Crippen LogP contribution in [0.25, 0.3) is 11.1 Å². The van der Waals surface area contributed by atoms with E-state index in [1.807, 2.05) is 13.8 Å². The summed E-state index contributed by atoms with van der Waals surface area (Å²) in [5, 5.41) is 2.88. The minimum absolute atomic E-state index is 0.0832. The fraction of sp³-hybridized carbons (Fsp3) is 0.294. The maximum Gasteiger partial charge on any atom is 0.253 e. The van der Waals surface area contributed by atoms with Crippen LogP contribution in [0.2, 0.25) is 0 Å². The molecule has 0 saturated carbocycles. The van der Waals surface area contributed by atoms with E-state index in [1.54, 1.807) is 18.3 Å². The Kier molecular flexibility index (Phi) is 5.09. The quantitative estimate of drug-likeness (QED) is 0.920. The monoisotopic (exact) mass is 302 g/mol. The summed E-state index contributed by atoms with van der Waals surface area (Å²) >= 11 is 0.